The summed E-state index contributed by atoms with van der Waals surface area (Å²) in [6, 6.07) is 17.2. The van der Waals surface area contributed by atoms with Crippen molar-refractivity contribution in [1.29, 1.82) is 0 Å². The normalized spacial score (nSPS) is 10.4. The van der Waals surface area contributed by atoms with Crippen LogP contribution in [0.4, 0.5) is 11.4 Å². The zero-order valence-electron chi connectivity index (χ0n) is 17.4. The second-order valence-corrected chi connectivity index (χ2v) is 6.69. The Kier molecular flexibility index (Phi) is 5.94. The van der Waals surface area contributed by atoms with Crippen LogP contribution in [0.1, 0.15) is 21.1 Å². The van der Waals surface area contributed by atoms with Gasteiger partial charge in [-0.25, -0.2) is 0 Å². The summed E-state index contributed by atoms with van der Waals surface area (Å²) in [6.45, 7) is 0. The molecule has 2 N–H and O–H groups in total. The number of furan rings is 2. The Morgan fingerprint density at radius 2 is 1.12 bits per heavy atom. The first-order chi connectivity index (χ1) is 15.6. The summed E-state index contributed by atoms with van der Waals surface area (Å²) < 4.78 is 21.2. The minimum Gasteiger partial charge on any atom is -0.495 e. The summed E-state index contributed by atoms with van der Waals surface area (Å²) >= 11 is 0. The molecule has 4 rings (SSSR count). The largest absolute Gasteiger partial charge is 0.495 e. The minimum atomic E-state index is -0.376. The van der Waals surface area contributed by atoms with Gasteiger partial charge in [0.2, 0.25) is 0 Å². The first kappa shape index (κ1) is 20.8. The van der Waals surface area contributed by atoms with Gasteiger partial charge in [-0.05, 0) is 59.7 Å². The van der Waals surface area contributed by atoms with E-state index in [1.54, 1.807) is 48.5 Å². The quantitative estimate of drug-likeness (QED) is 0.423. The van der Waals surface area contributed by atoms with Crippen LogP contribution < -0.4 is 20.1 Å². The topological polar surface area (TPSA) is 103 Å². The Balaban J connectivity index is 1.57. The molecule has 2 amide bonds. The van der Waals surface area contributed by atoms with Gasteiger partial charge in [-0.2, -0.15) is 0 Å². The second kappa shape index (κ2) is 9.13. The molecular weight excluding hydrogens is 412 g/mol. The molecule has 0 spiro atoms. The van der Waals surface area contributed by atoms with E-state index in [-0.39, 0.29) is 23.3 Å². The van der Waals surface area contributed by atoms with E-state index in [9.17, 15) is 9.59 Å². The van der Waals surface area contributed by atoms with Gasteiger partial charge in [0.15, 0.2) is 11.5 Å². The molecule has 0 bridgehead atoms. The van der Waals surface area contributed by atoms with Crippen molar-refractivity contribution in [1.82, 2.24) is 0 Å². The van der Waals surface area contributed by atoms with Crippen molar-refractivity contribution in [2.75, 3.05) is 24.9 Å². The number of carbonyl (C=O) groups is 2. The van der Waals surface area contributed by atoms with E-state index in [4.69, 9.17) is 18.3 Å². The molecule has 2 aromatic carbocycles. The number of rotatable bonds is 7. The highest BCUT2D eigenvalue weighted by Gasteiger charge is 2.15. The number of methoxy groups -OCH3 is 2. The van der Waals surface area contributed by atoms with Gasteiger partial charge in [0.1, 0.15) is 11.5 Å². The summed E-state index contributed by atoms with van der Waals surface area (Å²) in [5.74, 6) is 0.619. The van der Waals surface area contributed by atoms with Crippen LogP contribution in [0.15, 0.2) is 82.0 Å². The molecule has 0 saturated heterocycles. The van der Waals surface area contributed by atoms with Gasteiger partial charge >= 0.3 is 0 Å². The Hall–Kier alpha value is -4.46. The molecule has 0 saturated carbocycles. The lowest BCUT2D eigenvalue weighted by Gasteiger charge is -2.14. The van der Waals surface area contributed by atoms with Crippen LogP contribution >= 0.6 is 0 Å². The van der Waals surface area contributed by atoms with Crippen LogP contribution in [0.5, 0.6) is 11.5 Å². The van der Waals surface area contributed by atoms with E-state index >= 15 is 0 Å². The molecule has 0 aliphatic carbocycles. The third kappa shape index (κ3) is 4.34. The van der Waals surface area contributed by atoms with Crippen molar-refractivity contribution >= 4 is 23.2 Å². The van der Waals surface area contributed by atoms with Crippen molar-refractivity contribution < 1.29 is 27.9 Å². The van der Waals surface area contributed by atoms with Gasteiger partial charge < -0.3 is 28.9 Å². The molecule has 0 aliphatic heterocycles. The molecule has 162 valence electrons. The van der Waals surface area contributed by atoms with Crippen molar-refractivity contribution in [3.05, 3.63) is 84.7 Å². The third-order valence-electron chi connectivity index (χ3n) is 4.72. The lowest BCUT2D eigenvalue weighted by atomic mass is 10.0. The van der Waals surface area contributed by atoms with Crippen LogP contribution in [-0.4, -0.2) is 26.0 Å². The first-order valence-electron chi connectivity index (χ1n) is 9.65. The fourth-order valence-electron chi connectivity index (χ4n) is 3.13. The number of hydrogen-bond donors (Lipinski definition) is 2. The lowest BCUT2D eigenvalue weighted by molar-refractivity contribution is 0.0989. The highest BCUT2D eigenvalue weighted by Crippen LogP contribution is 2.35. The maximum atomic E-state index is 12.3. The van der Waals surface area contributed by atoms with Crippen molar-refractivity contribution in [3.63, 3.8) is 0 Å². The highest BCUT2D eigenvalue weighted by molar-refractivity contribution is 6.04. The number of nitrogens with one attached hydrogen (secondary N) is 2. The van der Waals surface area contributed by atoms with Crippen LogP contribution in [0.3, 0.4) is 0 Å². The van der Waals surface area contributed by atoms with Gasteiger partial charge in [-0.15, -0.1) is 0 Å². The Labute approximate surface area is 183 Å². The Morgan fingerprint density at radius 1 is 0.688 bits per heavy atom. The fourth-order valence-corrected chi connectivity index (χ4v) is 3.13. The van der Waals surface area contributed by atoms with Gasteiger partial charge in [-0.1, -0.05) is 12.1 Å². The van der Waals surface area contributed by atoms with E-state index in [1.165, 1.54) is 26.7 Å². The average Bonchev–Trinajstić information content (AvgIpc) is 3.54. The molecule has 0 atom stereocenters. The second-order valence-electron chi connectivity index (χ2n) is 6.69. The Bertz CT molecular complexity index is 1130. The van der Waals surface area contributed by atoms with Crippen LogP contribution in [0.2, 0.25) is 0 Å². The first-order valence-corrected chi connectivity index (χ1v) is 9.65. The van der Waals surface area contributed by atoms with E-state index in [0.29, 0.717) is 22.9 Å². The predicted molar refractivity (Wildman–Crippen MR) is 118 cm³/mol. The Morgan fingerprint density at radius 3 is 1.47 bits per heavy atom. The zero-order chi connectivity index (χ0) is 22.5. The molecule has 0 aliphatic rings. The highest BCUT2D eigenvalue weighted by atomic mass is 16.5. The standard InChI is InChI=1S/C24H20N2O6/c1-29-21-13-15(7-9-17(21)25-23(27)19-5-3-11-31-19)16-8-10-18(22(14-16)30-2)26-24(28)20-6-4-12-32-20/h3-14H,1-2H3,(H,25,27)(H,26,28). The molecule has 0 fully saturated rings. The van der Waals surface area contributed by atoms with Gasteiger partial charge in [0.05, 0.1) is 38.1 Å². The minimum absolute atomic E-state index is 0.202. The van der Waals surface area contributed by atoms with Crippen molar-refractivity contribution in [2.45, 2.75) is 0 Å². The van der Waals surface area contributed by atoms with E-state index in [1.807, 2.05) is 12.1 Å². The van der Waals surface area contributed by atoms with Crippen LogP contribution in [0, 0.1) is 0 Å². The molecule has 0 radical (unpaired) electrons. The van der Waals surface area contributed by atoms with E-state index < -0.39 is 0 Å². The molecule has 8 nitrogen and oxygen atoms in total. The van der Waals surface area contributed by atoms with E-state index in [0.717, 1.165) is 11.1 Å². The van der Waals surface area contributed by atoms with E-state index in [2.05, 4.69) is 10.6 Å². The van der Waals surface area contributed by atoms with Crippen molar-refractivity contribution in [2.24, 2.45) is 0 Å². The average molecular weight is 432 g/mol. The SMILES string of the molecule is COc1cc(-c2ccc(NC(=O)c3ccco3)c(OC)c2)ccc1NC(=O)c1ccco1. The number of anilines is 2. The molecule has 8 heteroatoms. The fraction of sp³-hybridized carbons (Fsp3) is 0.0833. The predicted octanol–water partition coefficient (Wildman–Crippen LogP) is 5.06. The van der Waals surface area contributed by atoms with Crippen molar-refractivity contribution in [3.8, 4) is 22.6 Å². The summed E-state index contributed by atoms with van der Waals surface area (Å²) in [6.07, 6.45) is 2.87. The number of benzene rings is 2. The molecule has 32 heavy (non-hydrogen) atoms. The van der Waals surface area contributed by atoms with Crippen LogP contribution in [-0.2, 0) is 0 Å². The summed E-state index contributed by atoms with van der Waals surface area (Å²) in [5, 5.41) is 5.54. The third-order valence-corrected chi connectivity index (χ3v) is 4.72. The number of ether oxygens (including phenoxy) is 2. The molecule has 0 unspecified atom stereocenters. The van der Waals surface area contributed by atoms with Gasteiger partial charge in [-0.3, -0.25) is 9.59 Å². The maximum absolute atomic E-state index is 12.3. The molecular formula is C24H20N2O6. The number of hydrogen-bond acceptors (Lipinski definition) is 6. The van der Waals surface area contributed by atoms with Gasteiger partial charge in [0.25, 0.3) is 11.8 Å². The van der Waals surface area contributed by atoms with Gasteiger partial charge in [0, 0.05) is 0 Å². The number of carbonyl (C=O) groups excluding carboxylic acids is 2. The molecule has 2 aromatic heterocycles. The molecule has 4 aromatic rings. The monoisotopic (exact) mass is 432 g/mol. The summed E-state index contributed by atoms with van der Waals surface area (Å²) in [7, 11) is 3.05. The maximum Gasteiger partial charge on any atom is 0.291 e. The summed E-state index contributed by atoms with van der Waals surface area (Å²) in [5.41, 5.74) is 2.68. The summed E-state index contributed by atoms with van der Waals surface area (Å²) in [4.78, 5) is 24.5. The molecule has 2 heterocycles. The van der Waals surface area contributed by atoms with Crippen LogP contribution in [0.25, 0.3) is 11.1 Å². The number of amides is 2. The lowest BCUT2D eigenvalue weighted by Crippen LogP contribution is -2.12. The zero-order valence-corrected chi connectivity index (χ0v) is 17.4. The smallest absolute Gasteiger partial charge is 0.291 e.